The first-order chi connectivity index (χ1) is 8.99. The quantitative estimate of drug-likeness (QED) is 0.881. The molecule has 1 heterocycles. The molecule has 1 unspecified atom stereocenters. The normalized spacial score (nSPS) is 12.2. The lowest BCUT2D eigenvalue weighted by Gasteiger charge is -2.17. The molecule has 0 fully saturated rings. The fraction of sp³-hybridized carbons (Fsp3) is 0.214. The Kier molecular flexibility index (Phi) is 4.27. The molecule has 1 amide bonds. The van der Waals surface area contributed by atoms with E-state index in [2.05, 4.69) is 33.6 Å². The van der Waals surface area contributed by atoms with Crippen molar-refractivity contribution in [1.29, 1.82) is 0 Å². The van der Waals surface area contributed by atoms with E-state index in [4.69, 9.17) is 5.73 Å². The summed E-state index contributed by atoms with van der Waals surface area (Å²) in [4.78, 5) is 12.4. The maximum atomic E-state index is 11.1. The van der Waals surface area contributed by atoms with Crippen LogP contribution in [0.15, 0.2) is 34.1 Å². The Labute approximate surface area is 125 Å². The zero-order valence-corrected chi connectivity index (χ0v) is 13.1. The van der Waals surface area contributed by atoms with Gasteiger partial charge in [0.2, 0.25) is 5.91 Å². The van der Waals surface area contributed by atoms with E-state index in [1.54, 1.807) is 23.5 Å². The number of nitrogens with one attached hydrogen (secondary N) is 1. The first-order valence-electron chi connectivity index (χ1n) is 5.89. The Hall–Kier alpha value is -1.33. The van der Waals surface area contributed by atoms with Gasteiger partial charge in [0, 0.05) is 20.6 Å². The zero-order chi connectivity index (χ0) is 14.0. The van der Waals surface area contributed by atoms with Gasteiger partial charge in [0.15, 0.2) is 0 Å². The molecule has 1 aromatic heterocycles. The van der Waals surface area contributed by atoms with Gasteiger partial charge in [-0.25, -0.2) is 0 Å². The molecule has 100 valence electrons. The van der Waals surface area contributed by atoms with Crippen molar-refractivity contribution in [3.05, 3.63) is 50.1 Å². The third kappa shape index (κ3) is 3.16. The lowest BCUT2D eigenvalue weighted by atomic mass is 10.1. The van der Waals surface area contributed by atoms with Crippen molar-refractivity contribution in [2.75, 3.05) is 5.32 Å². The van der Waals surface area contributed by atoms with Gasteiger partial charge >= 0.3 is 0 Å². The third-order valence-corrected chi connectivity index (χ3v) is 4.97. The number of amides is 1. The van der Waals surface area contributed by atoms with Gasteiger partial charge < -0.3 is 11.1 Å². The number of nitrogens with two attached hydrogens (primary N) is 1. The number of halogens is 1. The number of primary amides is 1. The number of anilines is 1. The molecule has 0 aliphatic heterocycles. The Morgan fingerprint density at radius 3 is 2.68 bits per heavy atom. The van der Waals surface area contributed by atoms with Gasteiger partial charge in [-0.2, -0.15) is 0 Å². The summed E-state index contributed by atoms with van der Waals surface area (Å²) in [5.74, 6) is -0.399. The van der Waals surface area contributed by atoms with E-state index in [0.717, 1.165) is 15.7 Å². The van der Waals surface area contributed by atoms with E-state index < -0.39 is 5.91 Å². The summed E-state index contributed by atoms with van der Waals surface area (Å²) >= 11 is 5.25. The van der Waals surface area contributed by atoms with Crippen LogP contribution in [0.4, 0.5) is 5.69 Å². The lowest BCUT2D eigenvalue weighted by Crippen LogP contribution is -2.12. The summed E-state index contributed by atoms with van der Waals surface area (Å²) in [7, 11) is 0. The van der Waals surface area contributed by atoms with Crippen LogP contribution in [0.25, 0.3) is 0 Å². The Morgan fingerprint density at radius 1 is 1.42 bits per heavy atom. The molecule has 3 nitrogen and oxygen atoms in total. The molecular formula is C14H15BrN2OS. The number of rotatable bonds is 4. The molecule has 0 aliphatic carbocycles. The number of thiophene rings is 1. The van der Waals surface area contributed by atoms with Crippen molar-refractivity contribution in [1.82, 2.24) is 0 Å². The van der Waals surface area contributed by atoms with Crippen LogP contribution in [-0.4, -0.2) is 5.91 Å². The minimum atomic E-state index is -0.399. The van der Waals surface area contributed by atoms with Crippen LogP contribution in [0, 0.1) is 6.92 Å². The van der Waals surface area contributed by atoms with Gasteiger partial charge in [-0.05, 0) is 65.0 Å². The van der Waals surface area contributed by atoms with Crippen LogP contribution in [0.1, 0.15) is 33.8 Å². The topological polar surface area (TPSA) is 55.1 Å². The minimum Gasteiger partial charge on any atom is -0.377 e. The predicted molar refractivity (Wildman–Crippen MR) is 83.8 cm³/mol. The highest BCUT2D eigenvalue weighted by atomic mass is 79.9. The van der Waals surface area contributed by atoms with Gasteiger partial charge in [0.25, 0.3) is 0 Å². The first kappa shape index (κ1) is 14.1. The van der Waals surface area contributed by atoms with Crippen molar-refractivity contribution in [2.45, 2.75) is 19.9 Å². The number of aryl methyl sites for hydroxylation is 1. The predicted octanol–water partition coefficient (Wildman–Crippen LogP) is 4.09. The first-order valence-corrected chi connectivity index (χ1v) is 7.56. The van der Waals surface area contributed by atoms with Crippen LogP contribution in [0.5, 0.6) is 0 Å². The fourth-order valence-electron chi connectivity index (χ4n) is 1.89. The van der Waals surface area contributed by atoms with Crippen molar-refractivity contribution in [2.24, 2.45) is 5.73 Å². The minimum absolute atomic E-state index is 0.201. The van der Waals surface area contributed by atoms with Crippen LogP contribution < -0.4 is 11.1 Å². The molecule has 19 heavy (non-hydrogen) atoms. The van der Waals surface area contributed by atoms with Crippen molar-refractivity contribution in [3.63, 3.8) is 0 Å². The molecule has 2 rings (SSSR count). The summed E-state index contributed by atoms with van der Waals surface area (Å²) in [5, 5.41) is 5.50. The number of hydrogen-bond acceptors (Lipinski definition) is 3. The van der Waals surface area contributed by atoms with Crippen molar-refractivity contribution >= 4 is 38.9 Å². The molecule has 0 bridgehead atoms. The average Bonchev–Trinajstić information content (AvgIpc) is 2.77. The SMILES string of the molecule is Cc1cc(C(N)=O)ccc1NC(C)c1sccc1Br. The van der Waals surface area contributed by atoms with E-state index >= 15 is 0 Å². The smallest absolute Gasteiger partial charge is 0.248 e. The monoisotopic (exact) mass is 338 g/mol. The summed E-state index contributed by atoms with van der Waals surface area (Å²) in [6.45, 7) is 4.07. The number of carbonyl (C=O) groups is 1. The van der Waals surface area contributed by atoms with Crippen LogP contribution in [0.3, 0.4) is 0 Å². The maximum absolute atomic E-state index is 11.1. The third-order valence-electron chi connectivity index (χ3n) is 2.92. The van der Waals surface area contributed by atoms with E-state index in [1.165, 1.54) is 4.88 Å². The molecule has 0 saturated heterocycles. The zero-order valence-electron chi connectivity index (χ0n) is 10.7. The standard InChI is InChI=1S/C14H15BrN2OS/c1-8-7-10(14(16)18)3-4-12(8)17-9(2)13-11(15)5-6-19-13/h3-7,9,17H,1-2H3,(H2,16,18). The van der Waals surface area contributed by atoms with Crippen LogP contribution in [-0.2, 0) is 0 Å². The Bertz CT molecular complexity index is 609. The van der Waals surface area contributed by atoms with Gasteiger partial charge in [0.1, 0.15) is 0 Å². The summed E-state index contributed by atoms with van der Waals surface area (Å²) in [6.07, 6.45) is 0. The van der Waals surface area contributed by atoms with Crippen LogP contribution >= 0.6 is 27.3 Å². The molecule has 0 radical (unpaired) electrons. The molecule has 1 atom stereocenters. The highest BCUT2D eigenvalue weighted by Crippen LogP contribution is 2.31. The number of hydrogen-bond donors (Lipinski definition) is 2. The lowest BCUT2D eigenvalue weighted by molar-refractivity contribution is 0.1000. The second-order valence-electron chi connectivity index (χ2n) is 4.39. The molecule has 5 heteroatoms. The van der Waals surface area contributed by atoms with Crippen LogP contribution in [0.2, 0.25) is 0 Å². The van der Waals surface area contributed by atoms with E-state index in [1.807, 2.05) is 19.1 Å². The van der Waals surface area contributed by atoms with Gasteiger partial charge in [-0.3, -0.25) is 4.79 Å². The summed E-state index contributed by atoms with van der Waals surface area (Å²) in [6, 6.07) is 7.69. The molecule has 0 spiro atoms. The highest BCUT2D eigenvalue weighted by Gasteiger charge is 2.12. The van der Waals surface area contributed by atoms with Gasteiger partial charge in [0.05, 0.1) is 6.04 Å². The molecule has 1 aromatic carbocycles. The Morgan fingerprint density at radius 2 is 2.16 bits per heavy atom. The van der Waals surface area contributed by atoms with Gasteiger partial charge in [-0.1, -0.05) is 0 Å². The molecule has 0 saturated carbocycles. The number of benzene rings is 1. The van der Waals surface area contributed by atoms with E-state index in [-0.39, 0.29) is 6.04 Å². The van der Waals surface area contributed by atoms with Crippen molar-refractivity contribution in [3.8, 4) is 0 Å². The van der Waals surface area contributed by atoms with Gasteiger partial charge in [-0.15, -0.1) is 11.3 Å². The fourth-order valence-corrected chi connectivity index (χ4v) is 3.62. The average molecular weight is 339 g/mol. The second-order valence-corrected chi connectivity index (χ2v) is 6.19. The Balaban J connectivity index is 2.20. The maximum Gasteiger partial charge on any atom is 0.248 e. The molecule has 0 aliphatic rings. The largest absolute Gasteiger partial charge is 0.377 e. The summed E-state index contributed by atoms with van der Waals surface area (Å²) in [5.41, 5.74) is 7.82. The highest BCUT2D eigenvalue weighted by molar-refractivity contribution is 9.10. The van der Waals surface area contributed by atoms with E-state index in [9.17, 15) is 4.79 Å². The van der Waals surface area contributed by atoms with Crippen molar-refractivity contribution < 1.29 is 4.79 Å². The summed E-state index contributed by atoms with van der Waals surface area (Å²) < 4.78 is 1.11. The molecule has 3 N–H and O–H groups in total. The van der Waals surface area contributed by atoms with E-state index in [0.29, 0.717) is 5.56 Å². The molecule has 2 aromatic rings. The second kappa shape index (κ2) is 5.75. The molecular weight excluding hydrogens is 324 g/mol. The number of carbonyl (C=O) groups excluding carboxylic acids is 1.